The molecule has 1 aromatic heterocycles. The first-order valence-corrected chi connectivity index (χ1v) is 6.53. The molecule has 1 aliphatic rings. The third kappa shape index (κ3) is 2.23. The summed E-state index contributed by atoms with van der Waals surface area (Å²) in [4.78, 5) is 14.3. The number of rotatable bonds is 2. The minimum absolute atomic E-state index is 0.0365. The number of thiophene rings is 1. The lowest BCUT2D eigenvalue weighted by molar-refractivity contribution is 0.0769. The van der Waals surface area contributed by atoms with Crippen molar-refractivity contribution in [2.24, 2.45) is 0 Å². The van der Waals surface area contributed by atoms with Crippen LogP contribution in [0.5, 0.6) is 5.75 Å². The van der Waals surface area contributed by atoms with Crippen molar-refractivity contribution in [3.05, 3.63) is 14.7 Å². The predicted molar refractivity (Wildman–Crippen MR) is 65.1 cm³/mol. The highest BCUT2D eigenvalue weighted by atomic mass is 79.9. The number of hydrogen-bond donors (Lipinski definition) is 1. The highest BCUT2D eigenvalue weighted by molar-refractivity contribution is 9.11. The molecule has 1 atom stereocenters. The van der Waals surface area contributed by atoms with Crippen LogP contribution in [0.1, 0.15) is 16.1 Å². The number of carbonyl (C=O) groups is 1. The molecule has 6 heteroatoms. The lowest BCUT2D eigenvalue weighted by Gasteiger charge is -2.13. The summed E-state index contributed by atoms with van der Waals surface area (Å²) in [7, 11) is 1.57. The molecular formula is C10H12BrNO3S. The minimum atomic E-state index is -0.380. The van der Waals surface area contributed by atoms with Crippen molar-refractivity contribution >= 4 is 33.2 Å². The van der Waals surface area contributed by atoms with E-state index in [9.17, 15) is 9.90 Å². The van der Waals surface area contributed by atoms with Gasteiger partial charge in [0.25, 0.3) is 5.91 Å². The zero-order chi connectivity index (χ0) is 11.7. The zero-order valence-corrected chi connectivity index (χ0v) is 11.2. The lowest BCUT2D eigenvalue weighted by Crippen LogP contribution is -2.28. The van der Waals surface area contributed by atoms with Crippen LogP contribution in [0, 0.1) is 0 Å². The average molecular weight is 306 g/mol. The lowest BCUT2D eigenvalue weighted by atomic mass is 10.3. The summed E-state index contributed by atoms with van der Waals surface area (Å²) in [6.45, 7) is 1.05. The van der Waals surface area contributed by atoms with Crippen molar-refractivity contribution in [3.63, 3.8) is 0 Å². The fraction of sp³-hybridized carbons (Fsp3) is 0.500. The van der Waals surface area contributed by atoms with Crippen molar-refractivity contribution in [1.29, 1.82) is 0 Å². The molecule has 1 saturated heterocycles. The Bertz CT molecular complexity index is 407. The highest BCUT2D eigenvalue weighted by Crippen LogP contribution is 2.35. The minimum Gasteiger partial charge on any atom is -0.495 e. The molecule has 0 unspecified atom stereocenters. The third-order valence-electron chi connectivity index (χ3n) is 2.54. The molecule has 1 fully saturated rings. The van der Waals surface area contributed by atoms with Crippen LogP contribution in [0.4, 0.5) is 0 Å². The smallest absolute Gasteiger partial charge is 0.264 e. The Balaban J connectivity index is 2.14. The van der Waals surface area contributed by atoms with Gasteiger partial charge in [0.05, 0.1) is 18.1 Å². The second kappa shape index (κ2) is 4.73. The number of hydrogen-bond acceptors (Lipinski definition) is 4. The zero-order valence-electron chi connectivity index (χ0n) is 8.77. The third-order valence-corrected chi connectivity index (χ3v) is 4.31. The topological polar surface area (TPSA) is 49.8 Å². The van der Waals surface area contributed by atoms with Crippen LogP contribution in [0.15, 0.2) is 9.85 Å². The van der Waals surface area contributed by atoms with Gasteiger partial charge in [0, 0.05) is 19.2 Å². The van der Waals surface area contributed by atoms with Crippen molar-refractivity contribution in [3.8, 4) is 5.75 Å². The molecule has 0 aromatic carbocycles. The van der Waals surface area contributed by atoms with Gasteiger partial charge in [-0.15, -0.1) is 11.3 Å². The van der Waals surface area contributed by atoms with Crippen LogP contribution in [0.3, 0.4) is 0 Å². The summed E-state index contributed by atoms with van der Waals surface area (Å²) >= 11 is 4.69. The first kappa shape index (κ1) is 11.9. The molecule has 1 amide bonds. The number of aliphatic hydroxyl groups is 1. The van der Waals surface area contributed by atoms with Crippen molar-refractivity contribution in [2.45, 2.75) is 12.5 Å². The summed E-state index contributed by atoms with van der Waals surface area (Å²) < 4.78 is 5.92. The Hall–Kier alpha value is -0.590. The molecule has 1 aliphatic heterocycles. The summed E-state index contributed by atoms with van der Waals surface area (Å²) in [5.41, 5.74) is 0. The van der Waals surface area contributed by atoms with E-state index < -0.39 is 0 Å². The molecule has 2 heterocycles. The van der Waals surface area contributed by atoms with E-state index in [0.717, 1.165) is 3.79 Å². The SMILES string of the molecule is COc1cc(C(=O)N2CC[C@@H](O)C2)sc1Br. The number of nitrogens with zero attached hydrogens (tertiary/aromatic N) is 1. The summed E-state index contributed by atoms with van der Waals surface area (Å²) in [5.74, 6) is 0.638. The second-order valence-electron chi connectivity index (χ2n) is 3.65. The van der Waals surface area contributed by atoms with E-state index in [-0.39, 0.29) is 12.0 Å². The molecule has 88 valence electrons. The number of methoxy groups -OCH3 is 1. The van der Waals surface area contributed by atoms with Gasteiger partial charge in [0.2, 0.25) is 0 Å². The molecule has 16 heavy (non-hydrogen) atoms. The summed E-state index contributed by atoms with van der Waals surface area (Å²) in [6.07, 6.45) is 0.282. The number of amides is 1. The molecule has 0 saturated carbocycles. The van der Waals surface area contributed by atoms with Gasteiger partial charge in [0.1, 0.15) is 9.54 Å². The van der Waals surface area contributed by atoms with Crippen LogP contribution in [-0.4, -0.2) is 42.2 Å². The fourth-order valence-corrected chi connectivity index (χ4v) is 3.30. The molecule has 4 nitrogen and oxygen atoms in total. The Labute approximate surface area is 106 Å². The van der Waals surface area contributed by atoms with E-state index in [1.54, 1.807) is 18.1 Å². The Kier molecular flexibility index (Phi) is 3.51. The number of aliphatic hydroxyl groups excluding tert-OH is 1. The fourth-order valence-electron chi connectivity index (χ4n) is 1.68. The first-order valence-electron chi connectivity index (χ1n) is 4.92. The molecule has 0 bridgehead atoms. The highest BCUT2D eigenvalue weighted by Gasteiger charge is 2.27. The summed E-state index contributed by atoms with van der Waals surface area (Å²) in [6, 6.07) is 1.72. The van der Waals surface area contributed by atoms with Gasteiger partial charge in [0.15, 0.2) is 0 Å². The van der Waals surface area contributed by atoms with Gasteiger partial charge in [-0.3, -0.25) is 4.79 Å². The average Bonchev–Trinajstić information content (AvgIpc) is 2.83. The Morgan fingerprint density at radius 3 is 3.00 bits per heavy atom. The van der Waals surface area contributed by atoms with Gasteiger partial charge >= 0.3 is 0 Å². The molecule has 1 aromatic rings. The molecule has 0 radical (unpaired) electrons. The van der Waals surface area contributed by atoms with E-state index in [1.807, 2.05) is 0 Å². The van der Waals surface area contributed by atoms with E-state index in [0.29, 0.717) is 30.1 Å². The number of carbonyl (C=O) groups excluding carboxylic acids is 1. The van der Waals surface area contributed by atoms with E-state index >= 15 is 0 Å². The predicted octanol–water partition coefficient (Wildman–Crippen LogP) is 1.73. The number of halogens is 1. The normalized spacial score (nSPS) is 20.2. The number of likely N-dealkylation sites (tertiary alicyclic amines) is 1. The van der Waals surface area contributed by atoms with Crippen LogP contribution >= 0.6 is 27.3 Å². The van der Waals surface area contributed by atoms with Crippen molar-refractivity contribution in [2.75, 3.05) is 20.2 Å². The van der Waals surface area contributed by atoms with Gasteiger partial charge in [-0.1, -0.05) is 0 Å². The van der Waals surface area contributed by atoms with E-state index in [2.05, 4.69) is 15.9 Å². The Morgan fingerprint density at radius 1 is 1.75 bits per heavy atom. The second-order valence-corrected chi connectivity index (χ2v) is 6.02. The largest absolute Gasteiger partial charge is 0.495 e. The maximum atomic E-state index is 12.0. The number of ether oxygens (including phenoxy) is 1. The van der Waals surface area contributed by atoms with Crippen LogP contribution in [0.2, 0.25) is 0 Å². The van der Waals surface area contributed by atoms with Crippen LogP contribution in [-0.2, 0) is 0 Å². The first-order chi connectivity index (χ1) is 7.61. The Morgan fingerprint density at radius 2 is 2.50 bits per heavy atom. The standard InChI is InChI=1S/C10H12BrNO3S/c1-15-7-4-8(16-9(7)11)10(14)12-3-2-6(13)5-12/h4,6,13H,2-3,5H2,1H3/t6-/m1/s1. The maximum Gasteiger partial charge on any atom is 0.264 e. The van der Waals surface area contributed by atoms with Gasteiger partial charge in [-0.25, -0.2) is 0 Å². The van der Waals surface area contributed by atoms with Crippen molar-refractivity contribution < 1.29 is 14.6 Å². The quantitative estimate of drug-likeness (QED) is 0.905. The van der Waals surface area contributed by atoms with Gasteiger partial charge < -0.3 is 14.7 Å². The van der Waals surface area contributed by atoms with Crippen molar-refractivity contribution in [1.82, 2.24) is 4.90 Å². The molecule has 1 N–H and O–H groups in total. The van der Waals surface area contributed by atoms with E-state index in [1.165, 1.54) is 11.3 Å². The summed E-state index contributed by atoms with van der Waals surface area (Å²) in [5, 5.41) is 9.38. The molecular weight excluding hydrogens is 294 g/mol. The van der Waals surface area contributed by atoms with Gasteiger partial charge in [-0.05, 0) is 22.4 Å². The van der Waals surface area contributed by atoms with Crippen LogP contribution < -0.4 is 4.74 Å². The molecule has 0 spiro atoms. The van der Waals surface area contributed by atoms with Crippen LogP contribution in [0.25, 0.3) is 0 Å². The maximum absolute atomic E-state index is 12.0. The van der Waals surface area contributed by atoms with Gasteiger partial charge in [-0.2, -0.15) is 0 Å². The molecule has 2 rings (SSSR count). The monoisotopic (exact) mass is 305 g/mol. The van der Waals surface area contributed by atoms with E-state index in [4.69, 9.17) is 4.74 Å². The molecule has 0 aliphatic carbocycles. The number of β-amino-alcohol motifs (C(OH)–C–C–N with tert-alkyl or cyclic N) is 1.